The molecule has 0 saturated heterocycles. The highest BCUT2D eigenvalue weighted by Crippen LogP contribution is 2.16. The van der Waals surface area contributed by atoms with E-state index in [9.17, 15) is 13.2 Å². The summed E-state index contributed by atoms with van der Waals surface area (Å²) in [7, 11) is 3.25. The van der Waals surface area contributed by atoms with Gasteiger partial charge in [-0.2, -0.15) is 13.2 Å². The molecule has 0 atom stereocenters. The molecular formula is C11H16F3N3. The molecule has 1 aromatic heterocycles. The summed E-state index contributed by atoms with van der Waals surface area (Å²) in [6.45, 7) is -0.0298. The van der Waals surface area contributed by atoms with Crippen LogP contribution in [0, 0.1) is 0 Å². The largest absolute Gasteiger partial charge is 0.401 e. The van der Waals surface area contributed by atoms with Crippen LogP contribution in [0.15, 0.2) is 18.3 Å². The number of nitrogens with zero attached hydrogens (tertiary/aromatic N) is 2. The maximum atomic E-state index is 12.1. The molecule has 0 fully saturated rings. The molecule has 0 unspecified atom stereocenters. The predicted octanol–water partition coefficient (Wildman–Crippen LogP) is 1.80. The molecule has 1 N–H and O–H groups in total. The van der Waals surface area contributed by atoms with E-state index in [2.05, 4.69) is 10.3 Å². The molecule has 0 aliphatic heterocycles. The highest BCUT2D eigenvalue weighted by Gasteiger charge is 2.29. The summed E-state index contributed by atoms with van der Waals surface area (Å²) in [5, 5.41) is 2.98. The van der Waals surface area contributed by atoms with Crippen LogP contribution in [-0.4, -0.2) is 36.7 Å². The fourth-order valence-corrected chi connectivity index (χ4v) is 1.50. The second-order valence-electron chi connectivity index (χ2n) is 3.98. The summed E-state index contributed by atoms with van der Waals surface area (Å²) >= 11 is 0. The fourth-order valence-electron chi connectivity index (χ4n) is 1.50. The highest BCUT2D eigenvalue weighted by atomic mass is 19.4. The molecular weight excluding hydrogens is 231 g/mol. The lowest BCUT2D eigenvalue weighted by atomic mass is 10.2. The Kier molecular flexibility index (Phi) is 4.89. The summed E-state index contributed by atoms with van der Waals surface area (Å²) < 4.78 is 36.3. The average Bonchev–Trinajstić information content (AvgIpc) is 2.18. The molecule has 6 heteroatoms. The third kappa shape index (κ3) is 5.65. The Hall–Kier alpha value is -1.14. The first-order chi connectivity index (χ1) is 7.90. The molecule has 0 aromatic carbocycles. The van der Waals surface area contributed by atoms with Gasteiger partial charge in [0.2, 0.25) is 0 Å². The SMILES string of the molecule is CNCc1ccc(CN(C)CC(F)(F)F)nc1. The molecule has 0 radical (unpaired) electrons. The zero-order valence-electron chi connectivity index (χ0n) is 9.88. The Bertz CT molecular complexity index is 335. The molecule has 1 heterocycles. The van der Waals surface area contributed by atoms with E-state index in [4.69, 9.17) is 0 Å². The number of aromatic nitrogens is 1. The summed E-state index contributed by atoms with van der Waals surface area (Å²) in [6, 6.07) is 3.61. The van der Waals surface area contributed by atoms with Crippen LogP contribution in [0.25, 0.3) is 0 Å². The molecule has 0 amide bonds. The Morgan fingerprint density at radius 1 is 1.35 bits per heavy atom. The number of halogens is 3. The van der Waals surface area contributed by atoms with Crippen LogP contribution in [0.2, 0.25) is 0 Å². The Morgan fingerprint density at radius 3 is 2.53 bits per heavy atom. The molecule has 0 aliphatic carbocycles. The van der Waals surface area contributed by atoms with Gasteiger partial charge in [-0.1, -0.05) is 6.07 Å². The summed E-state index contributed by atoms with van der Waals surface area (Å²) in [6.07, 6.45) is -2.49. The zero-order valence-corrected chi connectivity index (χ0v) is 9.88. The smallest absolute Gasteiger partial charge is 0.316 e. The minimum absolute atomic E-state index is 0.194. The van der Waals surface area contributed by atoms with E-state index in [0.29, 0.717) is 12.2 Å². The Balaban J connectivity index is 2.51. The highest BCUT2D eigenvalue weighted by molar-refractivity contribution is 5.13. The third-order valence-corrected chi connectivity index (χ3v) is 2.15. The first-order valence-corrected chi connectivity index (χ1v) is 5.24. The van der Waals surface area contributed by atoms with Crippen LogP contribution in [0.4, 0.5) is 13.2 Å². The quantitative estimate of drug-likeness (QED) is 0.860. The molecule has 1 aromatic rings. The number of nitrogens with one attached hydrogen (secondary N) is 1. The standard InChI is InChI=1S/C11H16F3N3/c1-15-5-9-3-4-10(16-6-9)7-17(2)8-11(12,13)14/h3-4,6,15H,5,7-8H2,1-2H3. The van der Waals surface area contributed by atoms with Gasteiger partial charge in [0.25, 0.3) is 0 Å². The predicted molar refractivity (Wildman–Crippen MR) is 59.4 cm³/mol. The molecule has 0 spiro atoms. The maximum Gasteiger partial charge on any atom is 0.401 e. The maximum absolute atomic E-state index is 12.1. The van der Waals surface area contributed by atoms with E-state index in [0.717, 1.165) is 5.56 Å². The van der Waals surface area contributed by atoms with Crippen molar-refractivity contribution >= 4 is 0 Å². The van der Waals surface area contributed by atoms with Crippen molar-refractivity contribution in [3.05, 3.63) is 29.6 Å². The van der Waals surface area contributed by atoms with Crippen LogP contribution in [0.1, 0.15) is 11.3 Å². The first kappa shape index (κ1) is 13.9. The van der Waals surface area contributed by atoms with Gasteiger partial charge in [-0.25, -0.2) is 0 Å². The Morgan fingerprint density at radius 2 is 2.06 bits per heavy atom. The van der Waals surface area contributed by atoms with Crippen molar-refractivity contribution in [1.82, 2.24) is 15.2 Å². The van der Waals surface area contributed by atoms with Crippen molar-refractivity contribution in [2.24, 2.45) is 0 Å². The monoisotopic (exact) mass is 247 g/mol. The normalized spacial score (nSPS) is 12.1. The van der Waals surface area contributed by atoms with Crippen LogP contribution in [0.3, 0.4) is 0 Å². The zero-order chi connectivity index (χ0) is 12.9. The average molecular weight is 247 g/mol. The van der Waals surface area contributed by atoms with Crippen LogP contribution in [-0.2, 0) is 13.1 Å². The van der Waals surface area contributed by atoms with E-state index >= 15 is 0 Å². The van der Waals surface area contributed by atoms with Crippen molar-refractivity contribution in [1.29, 1.82) is 0 Å². The molecule has 3 nitrogen and oxygen atoms in total. The lowest BCUT2D eigenvalue weighted by molar-refractivity contribution is -0.144. The molecule has 96 valence electrons. The van der Waals surface area contributed by atoms with Gasteiger partial charge in [-0.05, 0) is 25.7 Å². The number of hydrogen-bond acceptors (Lipinski definition) is 3. The second-order valence-corrected chi connectivity index (χ2v) is 3.98. The van der Waals surface area contributed by atoms with E-state index in [-0.39, 0.29) is 6.54 Å². The molecule has 1 rings (SSSR count). The van der Waals surface area contributed by atoms with Gasteiger partial charge in [0, 0.05) is 19.3 Å². The molecule has 0 saturated carbocycles. The van der Waals surface area contributed by atoms with Crippen molar-refractivity contribution in [3.8, 4) is 0 Å². The summed E-state index contributed by atoms with van der Waals surface area (Å²) in [5.74, 6) is 0. The van der Waals surface area contributed by atoms with Crippen LogP contribution in [0.5, 0.6) is 0 Å². The molecule has 17 heavy (non-hydrogen) atoms. The molecule has 0 aliphatic rings. The summed E-state index contributed by atoms with van der Waals surface area (Å²) in [5.41, 5.74) is 1.64. The van der Waals surface area contributed by atoms with Gasteiger partial charge in [0.05, 0.1) is 12.2 Å². The van der Waals surface area contributed by atoms with Gasteiger partial charge in [-0.3, -0.25) is 9.88 Å². The van der Waals surface area contributed by atoms with Gasteiger partial charge < -0.3 is 5.32 Å². The number of pyridine rings is 1. The second kappa shape index (κ2) is 5.97. The van der Waals surface area contributed by atoms with E-state index in [1.54, 1.807) is 12.3 Å². The minimum atomic E-state index is -4.17. The van der Waals surface area contributed by atoms with Crippen molar-refractivity contribution < 1.29 is 13.2 Å². The van der Waals surface area contributed by atoms with E-state index in [1.807, 2.05) is 13.1 Å². The van der Waals surface area contributed by atoms with Crippen molar-refractivity contribution in [2.45, 2.75) is 19.3 Å². The fraction of sp³-hybridized carbons (Fsp3) is 0.545. The van der Waals surface area contributed by atoms with E-state index < -0.39 is 12.7 Å². The number of alkyl halides is 3. The van der Waals surface area contributed by atoms with Crippen molar-refractivity contribution in [3.63, 3.8) is 0 Å². The van der Waals surface area contributed by atoms with Gasteiger partial charge >= 0.3 is 6.18 Å². The van der Waals surface area contributed by atoms with Crippen LogP contribution < -0.4 is 5.32 Å². The first-order valence-electron chi connectivity index (χ1n) is 5.24. The topological polar surface area (TPSA) is 28.2 Å². The third-order valence-electron chi connectivity index (χ3n) is 2.15. The minimum Gasteiger partial charge on any atom is -0.316 e. The van der Waals surface area contributed by atoms with Crippen molar-refractivity contribution in [2.75, 3.05) is 20.6 Å². The lowest BCUT2D eigenvalue weighted by Crippen LogP contribution is -2.30. The molecule has 0 bridgehead atoms. The van der Waals surface area contributed by atoms with Gasteiger partial charge in [0.1, 0.15) is 0 Å². The number of rotatable bonds is 5. The lowest BCUT2D eigenvalue weighted by Gasteiger charge is -2.17. The Labute approximate surface area is 98.6 Å². The summed E-state index contributed by atoms with van der Waals surface area (Å²) in [4.78, 5) is 5.31. The van der Waals surface area contributed by atoms with Gasteiger partial charge in [0.15, 0.2) is 0 Å². The number of hydrogen-bond donors (Lipinski definition) is 1. The van der Waals surface area contributed by atoms with Gasteiger partial charge in [-0.15, -0.1) is 0 Å². The van der Waals surface area contributed by atoms with Crippen LogP contribution >= 0.6 is 0 Å². The van der Waals surface area contributed by atoms with E-state index in [1.165, 1.54) is 11.9 Å².